The van der Waals surface area contributed by atoms with Gasteiger partial charge in [-0.3, -0.25) is 4.79 Å². The molecule has 3 aromatic carbocycles. The number of fused-ring (bicyclic) bond motifs is 1. The van der Waals surface area contributed by atoms with Gasteiger partial charge in [0, 0.05) is 12.1 Å². The van der Waals surface area contributed by atoms with E-state index in [1.807, 2.05) is 45.0 Å². The summed E-state index contributed by atoms with van der Waals surface area (Å²) in [5.41, 5.74) is 1.31. The summed E-state index contributed by atoms with van der Waals surface area (Å²) in [6.45, 7) is 10.1. The van der Waals surface area contributed by atoms with Gasteiger partial charge in [-0.2, -0.15) is 13.2 Å². The molecule has 0 spiro atoms. The molecular formula is C32H29F3O5. The van der Waals surface area contributed by atoms with E-state index in [1.54, 1.807) is 18.2 Å². The molecule has 40 heavy (non-hydrogen) atoms. The first-order valence-electron chi connectivity index (χ1n) is 12.7. The van der Waals surface area contributed by atoms with Crippen LogP contribution >= 0.6 is 0 Å². The van der Waals surface area contributed by atoms with Gasteiger partial charge in [0.15, 0.2) is 0 Å². The van der Waals surface area contributed by atoms with Gasteiger partial charge in [-0.25, -0.2) is 4.79 Å². The number of carbonyl (C=O) groups excluding carboxylic acids is 1. The second-order valence-corrected chi connectivity index (χ2v) is 10.7. The predicted molar refractivity (Wildman–Crippen MR) is 148 cm³/mol. The fraction of sp³-hybridized carbons (Fsp3) is 0.250. The van der Waals surface area contributed by atoms with Crippen LogP contribution in [0.2, 0.25) is 0 Å². The number of hydrogen-bond donors (Lipinski definition) is 0. The fourth-order valence-corrected chi connectivity index (χ4v) is 3.95. The first-order chi connectivity index (χ1) is 18.7. The van der Waals surface area contributed by atoms with Gasteiger partial charge in [-0.05, 0) is 58.4 Å². The summed E-state index contributed by atoms with van der Waals surface area (Å²) < 4.78 is 57.5. The average molecular weight is 551 g/mol. The van der Waals surface area contributed by atoms with Gasteiger partial charge in [0.05, 0.1) is 5.39 Å². The Kier molecular flexibility index (Phi) is 7.91. The van der Waals surface area contributed by atoms with E-state index in [0.29, 0.717) is 5.92 Å². The summed E-state index contributed by atoms with van der Waals surface area (Å²) in [7, 11) is 0. The van der Waals surface area contributed by atoms with Gasteiger partial charge in [0.1, 0.15) is 17.1 Å². The van der Waals surface area contributed by atoms with Crippen LogP contribution in [0.1, 0.15) is 63.0 Å². The highest BCUT2D eigenvalue weighted by Crippen LogP contribution is 2.39. The van der Waals surface area contributed by atoms with E-state index in [1.165, 1.54) is 30.3 Å². The highest BCUT2D eigenvalue weighted by molar-refractivity contribution is 5.89. The number of ether oxygens (including phenoxy) is 2. The summed E-state index contributed by atoms with van der Waals surface area (Å²) in [6.07, 6.45) is -2.25. The van der Waals surface area contributed by atoms with E-state index in [9.17, 15) is 22.8 Å². The molecular weight excluding hydrogens is 521 g/mol. The van der Waals surface area contributed by atoms with Crippen LogP contribution in [0.4, 0.5) is 13.2 Å². The summed E-state index contributed by atoms with van der Waals surface area (Å²) >= 11 is 0. The molecule has 208 valence electrons. The number of alkyl halides is 3. The second-order valence-electron chi connectivity index (χ2n) is 10.7. The Labute approximate surface area is 229 Å². The fourth-order valence-electron chi connectivity index (χ4n) is 3.95. The summed E-state index contributed by atoms with van der Waals surface area (Å²) in [4.78, 5) is 25.4. The van der Waals surface area contributed by atoms with Crippen molar-refractivity contribution in [2.45, 2.75) is 52.1 Å². The van der Waals surface area contributed by atoms with E-state index >= 15 is 0 Å². The Balaban J connectivity index is 1.60. The molecule has 0 atom stereocenters. The number of benzene rings is 3. The number of esters is 1. The van der Waals surface area contributed by atoms with Crippen LogP contribution in [0, 0.1) is 0 Å². The highest BCUT2D eigenvalue weighted by Gasteiger charge is 2.40. The average Bonchev–Trinajstić information content (AvgIpc) is 2.88. The van der Waals surface area contributed by atoms with Crippen LogP contribution in [0.5, 0.6) is 17.2 Å². The molecule has 0 fully saturated rings. The third kappa shape index (κ3) is 6.62. The molecule has 1 heterocycles. The first-order valence-corrected chi connectivity index (χ1v) is 12.7. The zero-order valence-electron chi connectivity index (χ0n) is 22.8. The Morgan fingerprint density at radius 1 is 0.900 bits per heavy atom. The molecule has 0 aliphatic rings. The lowest BCUT2D eigenvalue weighted by atomic mass is 9.87. The molecule has 0 radical (unpaired) electrons. The zero-order valence-corrected chi connectivity index (χ0v) is 22.8. The lowest BCUT2D eigenvalue weighted by Gasteiger charge is -2.19. The minimum absolute atomic E-state index is 0.0568. The van der Waals surface area contributed by atoms with E-state index < -0.39 is 34.7 Å². The number of carbonyl (C=O) groups is 1. The Hall–Kier alpha value is -4.33. The smallest absolute Gasteiger partial charge is 0.449 e. The first kappa shape index (κ1) is 28.7. The monoisotopic (exact) mass is 550 g/mol. The number of rotatable bonds is 6. The molecule has 5 nitrogen and oxygen atoms in total. The van der Waals surface area contributed by atoms with E-state index in [-0.39, 0.29) is 22.3 Å². The van der Waals surface area contributed by atoms with Crippen molar-refractivity contribution < 1.29 is 31.9 Å². The van der Waals surface area contributed by atoms with Crippen LogP contribution in [0.25, 0.3) is 17.0 Å². The van der Waals surface area contributed by atoms with Gasteiger partial charge in [0.2, 0.25) is 11.2 Å². The summed E-state index contributed by atoms with van der Waals surface area (Å²) in [5.74, 6) is -2.96. The van der Waals surface area contributed by atoms with Crippen molar-refractivity contribution in [3.8, 4) is 17.2 Å². The molecule has 0 unspecified atom stereocenters. The molecule has 4 rings (SSSR count). The van der Waals surface area contributed by atoms with Crippen LogP contribution in [-0.4, -0.2) is 5.97 Å². The predicted octanol–water partition coefficient (Wildman–Crippen LogP) is 8.64. The van der Waals surface area contributed by atoms with Gasteiger partial charge in [-0.15, -0.1) is 0 Å². The van der Waals surface area contributed by atoms with Crippen LogP contribution in [0.15, 0.2) is 82.0 Å². The normalized spacial score (nSPS) is 12.3. The lowest BCUT2D eigenvalue weighted by molar-refractivity contribution is -0.154. The molecule has 1 aromatic heterocycles. The Bertz CT molecular complexity index is 1600. The quantitative estimate of drug-likeness (QED) is 0.137. The van der Waals surface area contributed by atoms with Crippen LogP contribution < -0.4 is 14.9 Å². The topological polar surface area (TPSA) is 65.7 Å². The second kappa shape index (κ2) is 11.0. The molecule has 0 bridgehead atoms. The molecule has 0 aliphatic heterocycles. The van der Waals surface area contributed by atoms with Crippen molar-refractivity contribution >= 4 is 23.0 Å². The van der Waals surface area contributed by atoms with Gasteiger partial charge in [-0.1, -0.05) is 71.0 Å². The third-order valence-electron chi connectivity index (χ3n) is 6.25. The van der Waals surface area contributed by atoms with Crippen LogP contribution in [0.3, 0.4) is 0 Å². The van der Waals surface area contributed by atoms with E-state index in [2.05, 4.69) is 13.8 Å². The van der Waals surface area contributed by atoms with Crippen molar-refractivity contribution in [3.63, 3.8) is 0 Å². The zero-order chi connectivity index (χ0) is 29.2. The Morgan fingerprint density at radius 3 is 2.10 bits per heavy atom. The molecule has 0 saturated carbocycles. The van der Waals surface area contributed by atoms with Crippen molar-refractivity contribution in [2.75, 3.05) is 0 Å². The highest BCUT2D eigenvalue weighted by atomic mass is 19.4. The summed E-state index contributed by atoms with van der Waals surface area (Å²) in [5, 5.41) is -0.158. The van der Waals surface area contributed by atoms with Crippen molar-refractivity contribution in [3.05, 3.63) is 105 Å². The summed E-state index contributed by atoms with van der Waals surface area (Å²) in [6, 6.07) is 17.7. The van der Waals surface area contributed by atoms with E-state index in [0.717, 1.165) is 22.8 Å². The van der Waals surface area contributed by atoms with Crippen molar-refractivity contribution in [2.24, 2.45) is 0 Å². The molecule has 0 saturated heterocycles. The SMILES string of the molecule is CC(C)c1ccc(C=CC(=O)Oc2ccc3c(=O)c(Oc4ccc(C(C)(C)C)cc4)c(C(F)(F)F)oc3c2)cc1. The maximum atomic E-state index is 13.9. The van der Waals surface area contributed by atoms with Gasteiger partial charge >= 0.3 is 12.1 Å². The van der Waals surface area contributed by atoms with Gasteiger partial charge in [0.25, 0.3) is 5.76 Å². The van der Waals surface area contributed by atoms with Crippen molar-refractivity contribution in [1.29, 1.82) is 0 Å². The van der Waals surface area contributed by atoms with E-state index in [4.69, 9.17) is 13.9 Å². The third-order valence-corrected chi connectivity index (χ3v) is 6.25. The molecule has 0 N–H and O–H groups in total. The maximum Gasteiger partial charge on any atom is 0.453 e. The van der Waals surface area contributed by atoms with Crippen LogP contribution in [-0.2, 0) is 16.4 Å². The Morgan fingerprint density at radius 2 is 1.52 bits per heavy atom. The maximum absolute atomic E-state index is 13.9. The lowest BCUT2D eigenvalue weighted by Crippen LogP contribution is -2.16. The minimum Gasteiger partial charge on any atom is -0.449 e. The largest absolute Gasteiger partial charge is 0.453 e. The molecule has 4 aromatic rings. The molecule has 8 heteroatoms. The van der Waals surface area contributed by atoms with Gasteiger partial charge < -0.3 is 13.9 Å². The van der Waals surface area contributed by atoms with Crippen molar-refractivity contribution in [1.82, 2.24) is 0 Å². The number of hydrogen-bond acceptors (Lipinski definition) is 5. The molecule has 0 amide bonds. The standard InChI is InChI=1S/C32H29F3O5/c1-19(2)21-9-6-20(7-10-21)8-17-27(36)38-24-15-16-25-26(18-24)40-30(32(33,34)35)29(28(25)37)39-23-13-11-22(12-14-23)31(3,4)5/h6-19H,1-5H3. The molecule has 0 aliphatic carbocycles. The minimum atomic E-state index is -5.02. The number of halogens is 3.